The molecule has 0 spiro atoms. The smallest absolute Gasteiger partial charge is 0.253 e. The van der Waals surface area contributed by atoms with Gasteiger partial charge in [0.15, 0.2) is 0 Å². The van der Waals surface area contributed by atoms with E-state index in [0.29, 0.717) is 15.6 Å². The molecular formula is C22H19Cl3N2O3S. The van der Waals surface area contributed by atoms with E-state index >= 15 is 0 Å². The van der Waals surface area contributed by atoms with E-state index in [-0.39, 0.29) is 28.6 Å². The molecule has 162 valence electrons. The van der Waals surface area contributed by atoms with Crippen LogP contribution in [0.3, 0.4) is 0 Å². The maximum atomic E-state index is 13.0. The van der Waals surface area contributed by atoms with Gasteiger partial charge in [-0.05, 0) is 41.5 Å². The van der Waals surface area contributed by atoms with Gasteiger partial charge in [-0.2, -0.15) is 4.31 Å². The van der Waals surface area contributed by atoms with E-state index in [4.69, 9.17) is 34.8 Å². The molecule has 3 aromatic carbocycles. The number of hydrogen-bond donors (Lipinski definition) is 1. The molecule has 3 aromatic rings. The highest BCUT2D eigenvalue weighted by Crippen LogP contribution is 2.24. The highest BCUT2D eigenvalue weighted by molar-refractivity contribution is 7.89. The van der Waals surface area contributed by atoms with Crippen molar-refractivity contribution in [3.63, 3.8) is 0 Å². The summed E-state index contributed by atoms with van der Waals surface area (Å²) in [5, 5.41) is 3.75. The summed E-state index contributed by atoms with van der Waals surface area (Å²) < 4.78 is 27.2. The quantitative estimate of drug-likeness (QED) is 0.475. The molecule has 0 aliphatic heterocycles. The summed E-state index contributed by atoms with van der Waals surface area (Å²) in [7, 11) is -2.34. The molecule has 3 rings (SSSR count). The van der Waals surface area contributed by atoms with Gasteiger partial charge in [0.1, 0.15) is 0 Å². The lowest BCUT2D eigenvalue weighted by Crippen LogP contribution is -2.27. The summed E-state index contributed by atoms with van der Waals surface area (Å²) in [5.41, 5.74) is 1.57. The number of hydrogen-bond acceptors (Lipinski definition) is 3. The van der Waals surface area contributed by atoms with Crippen LogP contribution in [0.1, 0.15) is 21.5 Å². The van der Waals surface area contributed by atoms with Crippen molar-refractivity contribution < 1.29 is 13.2 Å². The number of rotatable bonds is 7. The van der Waals surface area contributed by atoms with Crippen molar-refractivity contribution in [2.24, 2.45) is 0 Å². The van der Waals surface area contributed by atoms with Crippen LogP contribution in [0.2, 0.25) is 15.1 Å². The van der Waals surface area contributed by atoms with E-state index in [1.54, 1.807) is 18.2 Å². The fourth-order valence-corrected chi connectivity index (χ4v) is 4.74. The lowest BCUT2D eigenvalue weighted by atomic mass is 10.2. The zero-order valence-corrected chi connectivity index (χ0v) is 19.6. The van der Waals surface area contributed by atoms with Crippen LogP contribution in [-0.4, -0.2) is 25.7 Å². The fraction of sp³-hybridized carbons (Fsp3) is 0.136. The van der Waals surface area contributed by atoms with Gasteiger partial charge in [-0.15, -0.1) is 0 Å². The summed E-state index contributed by atoms with van der Waals surface area (Å²) in [4.78, 5) is 12.7. The molecule has 9 heteroatoms. The highest BCUT2D eigenvalue weighted by atomic mass is 35.5. The van der Waals surface area contributed by atoms with Crippen molar-refractivity contribution in [1.29, 1.82) is 0 Å². The average Bonchev–Trinajstić information content (AvgIpc) is 2.73. The van der Waals surface area contributed by atoms with Crippen LogP contribution in [0.25, 0.3) is 0 Å². The number of amides is 1. The second-order valence-electron chi connectivity index (χ2n) is 6.81. The molecule has 0 bridgehead atoms. The number of carbonyl (C=O) groups excluding carboxylic acids is 1. The molecule has 0 unspecified atom stereocenters. The van der Waals surface area contributed by atoms with Crippen LogP contribution in [0.5, 0.6) is 0 Å². The molecule has 0 saturated heterocycles. The third-order valence-electron chi connectivity index (χ3n) is 4.59. The van der Waals surface area contributed by atoms with Crippen LogP contribution in [-0.2, 0) is 23.1 Å². The van der Waals surface area contributed by atoms with Gasteiger partial charge in [0.25, 0.3) is 5.91 Å². The Morgan fingerprint density at radius 1 is 0.935 bits per heavy atom. The van der Waals surface area contributed by atoms with Crippen molar-refractivity contribution in [2.75, 3.05) is 7.05 Å². The molecular weight excluding hydrogens is 479 g/mol. The van der Waals surface area contributed by atoms with Crippen molar-refractivity contribution in [1.82, 2.24) is 9.62 Å². The summed E-state index contributed by atoms with van der Waals surface area (Å²) in [5.74, 6) is -0.515. The summed E-state index contributed by atoms with van der Waals surface area (Å²) >= 11 is 18.2. The van der Waals surface area contributed by atoms with Gasteiger partial charge in [-0.3, -0.25) is 4.79 Å². The van der Waals surface area contributed by atoms with Gasteiger partial charge in [-0.25, -0.2) is 8.42 Å². The second-order valence-corrected chi connectivity index (χ2v) is 10.1. The summed E-state index contributed by atoms with van der Waals surface area (Å²) in [6.07, 6.45) is 0. The van der Waals surface area contributed by atoms with E-state index in [1.165, 1.54) is 29.6 Å². The van der Waals surface area contributed by atoms with E-state index in [2.05, 4.69) is 5.32 Å². The van der Waals surface area contributed by atoms with E-state index in [0.717, 1.165) is 5.56 Å². The van der Waals surface area contributed by atoms with Crippen LogP contribution >= 0.6 is 34.8 Å². The number of nitrogens with one attached hydrogen (secondary N) is 1. The minimum atomic E-state index is -3.83. The standard InChI is InChI=1S/C22H19Cl3N2O3S/c1-27(14-15-5-3-2-4-6-15)31(29,30)18-9-10-20(24)19(12-18)22(28)26-13-16-7-8-17(23)11-21(16)25/h2-12H,13-14H2,1H3,(H,26,28). The predicted molar refractivity (Wildman–Crippen MR) is 124 cm³/mol. The number of benzene rings is 3. The maximum Gasteiger partial charge on any atom is 0.253 e. The van der Waals surface area contributed by atoms with Crippen molar-refractivity contribution in [3.8, 4) is 0 Å². The summed E-state index contributed by atoms with van der Waals surface area (Å²) in [6, 6.07) is 18.2. The van der Waals surface area contributed by atoms with Crippen LogP contribution in [0.4, 0.5) is 0 Å². The Kier molecular flexibility index (Phi) is 7.62. The Morgan fingerprint density at radius 3 is 2.32 bits per heavy atom. The average molecular weight is 498 g/mol. The normalized spacial score (nSPS) is 11.5. The van der Waals surface area contributed by atoms with Gasteiger partial charge in [0.05, 0.1) is 15.5 Å². The lowest BCUT2D eigenvalue weighted by molar-refractivity contribution is 0.0951. The molecule has 0 fully saturated rings. The first-order chi connectivity index (χ1) is 14.7. The Labute approximate surface area is 196 Å². The van der Waals surface area contributed by atoms with E-state index in [9.17, 15) is 13.2 Å². The van der Waals surface area contributed by atoms with Crippen LogP contribution < -0.4 is 5.32 Å². The minimum absolute atomic E-state index is 0.0231. The number of carbonyl (C=O) groups is 1. The Bertz CT molecular complexity index is 1200. The molecule has 0 aliphatic carbocycles. The van der Waals surface area contributed by atoms with E-state index < -0.39 is 15.9 Å². The van der Waals surface area contributed by atoms with Crippen molar-refractivity contribution in [3.05, 3.63) is 98.5 Å². The van der Waals surface area contributed by atoms with E-state index in [1.807, 2.05) is 30.3 Å². The molecule has 31 heavy (non-hydrogen) atoms. The zero-order valence-electron chi connectivity index (χ0n) is 16.5. The molecule has 0 aromatic heterocycles. The molecule has 0 heterocycles. The topological polar surface area (TPSA) is 66.5 Å². The van der Waals surface area contributed by atoms with Gasteiger partial charge >= 0.3 is 0 Å². The molecule has 1 amide bonds. The Balaban J connectivity index is 1.79. The largest absolute Gasteiger partial charge is 0.348 e. The number of nitrogens with zero attached hydrogens (tertiary/aromatic N) is 1. The van der Waals surface area contributed by atoms with Crippen LogP contribution in [0, 0.1) is 0 Å². The number of sulfonamides is 1. The molecule has 0 atom stereocenters. The predicted octanol–water partition coefficient (Wildman–Crippen LogP) is 5.40. The van der Waals surface area contributed by atoms with Gasteiger partial charge < -0.3 is 5.32 Å². The SMILES string of the molecule is CN(Cc1ccccc1)S(=O)(=O)c1ccc(Cl)c(C(=O)NCc2ccc(Cl)cc2Cl)c1. The lowest BCUT2D eigenvalue weighted by Gasteiger charge is -2.18. The molecule has 0 radical (unpaired) electrons. The Morgan fingerprint density at radius 2 is 1.65 bits per heavy atom. The van der Waals surface area contributed by atoms with Gasteiger partial charge in [0.2, 0.25) is 10.0 Å². The summed E-state index contributed by atoms with van der Waals surface area (Å²) in [6.45, 7) is 0.332. The molecule has 0 aliphatic rings. The third-order valence-corrected chi connectivity index (χ3v) is 7.31. The first kappa shape index (κ1) is 23.6. The molecule has 0 saturated carbocycles. The van der Waals surface area contributed by atoms with Gasteiger partial charge in [-0.1, -0.05) is 71.2 Å². The van der Waals surface area contributed by atoms with Crippen molar-refractivity contribution >= 4 is 50.7 Å². The monoisotopic (exact) mass is 496 g/mol. The van der Waals surface area contributed by atoms with Crippen molar-refractivity contribution in [2.45, 2.75) is 18.0 Å². The Hall–Kier alpha value is -2.09. The minimum Gasteiger partial charge on any atom is -0.348 e. The fourth-order valence-electron chi connectivity index (χ4n) is 2.88. The zero-order chi connectivity index (χ0) is 22.6. The maximum absolute atomic E-state index is 13.0. The first-order valence-corrected chi connectivity index (χ1v) is 11.8. The molecule has 5 nitrogen and oxygen atoms in total. The second kappa shape index (κ2) is 10.0. The third kappa shape index (κ3) is 5.79. The highest BCUT2D eigenvalue weighted by Gasteiger charge is 2.23. The van der Waals surface area contributed by atoms with Gasteiger partial charge in [0, 0.05) is 30.2 Å². The molecule has 1 N–H and O–H groups in total. The first-order valence-electron chi connectivity index (χ1n) is 9.20. The van der Waals surface area contributed by atoms with Crippen LogP contribution in [0.15, 0.2) is 71.6 Å². The number of halogens is 3.